The van der Waals surface area contributed by atoms with Crippen LogP contribution in [0.15, 0.2) is 54.6 Å². The van der Waals surface area contributed by atoms with E-state index in [0.717, 1.165) is 22.6 Å². The minimum Gasteiger partial charge on any atom is -0.496 e. The van der Waals surface area contributed by atoms with Gasteiger partial charge in [0.15, 0.2) is 11.5 Å². The highest BCUT2D eigenvalue weighted by molar-refractivity contribution is 5.92. The van der Waals surface area contributed by atoms with Crippen LogP contribution in [0, 0.1) is 13.8 Å². The van der Waals surface area contributed by atoms with Crippen LogP contribution in [0.1, 0.15) is 27.2 Å². The maximum absolute atomic E-state index is 12.3. The molecule has 0 unspecified atom stereocenters. The summed E-state index contributed by atoms with van der Waals surface area (Å²) in [6.45, 7) is 4.46. The number of aryl methyl sites for hydroxylation is 1. The monoisotopic (exact) mass is 362 g/mol. The minimum atomic E-state index is -0.285. The number of nitrogens with one attached hydrogen (secondary N) is 2. The van der Waals surface area contributed by atoms with Crippen molar-refractivity contribution in [1.29, 1.82) is 0 Å². The Kier molecular flexibility index (Phi) is 5.66. The molecule has 1 heterocycles. The van der Waals surface area contributed by atoms with Crippen molar-refractivity contribution in [3.8, 4) is 5.75 Å². The van der Waals surface area contributed by atoms with Gasteiger partial charge in [-0.15, -0.1) is 10.2 Å². The van der Waals surface area contributed by atoms with Gasteiger partial charge in [0.2, 0.25) is 0 Å². The van der Waals surface area contributed by atoms with E-state index in [0.29, 0.717) is 12.4 Å². The fourth-order valence-electron chi connectivity index (χ4n) is 2.66. The molecule has 0 bridgehead atoms. The highest BCUT2D eigenvalue weighted by Crippen LogP contribution is 2.21. The fraction of sp³-hybridized carbons (Fsp3) is 0.190. The second-order valence-corrected chi connectivity index (χ2v) is 6.17. The molecule has 6 nitrogen and oxygen atoms in total. The zero-order valence-corrected chi connectivity index (χ0v) is 15.6. The number of methoxy groups -OCH3 is 1. The Morgan fingerprint density at radius 1 is 1.00 bits per heavy atom. The number of benzene rings is 2. The number of rotatable bonds is 6. The van der Waals surface area contributed by atoms with Crippen LogP contribution >= 0.6 is 0 Å². The number of aromatic nitrogens is 2. The van der Waals surface area contributed by atoms with E-state index in [1.165, 1.54) is 5.56 Å². The first-order valence-electron chi connectivity index (χ1n) is 8.65. The van der Waals surface area contributed by atoms with E-state index in [2.05, 4.69) is 33.8 Å². The van der Waals surface area contributed by atoms with Crippen molar-refractivity contribution in [3.05, 3.63) is 77.0 Å². The average molecular weight is 362 g/mol. The number of anilines is 2. The van der Waals surface area contributed by atoms with Crippen molar-refractivity contribution in [1.82, 2.24) is 15.5 Å². The molecule has 0 aliphatic rings. The molecule has 2 N–H and O–H groups in total. The zero-order valence-electron chi connectivity index (χ0n) is 15.6. The zero-order chi connectivity index (χ0) is 19.2. The number of ether oxygens (including phenoxy) is 1. The van der Waals surface area contributed by atoms with Crippen LogP contribution in [0.3, 0.4) is 0 Å². The molecule has 3 aromatic rings. The molecule has 3 rings (SSSR count). The minimum absolute atomic E-state index is 0.261. The molecule has 0 aliphatic carbocycles. The van der Waals surface area contributed by atoms with Crippen molar-refractivity contribution < 1.29 is 9.53 Å². The molecular weight excluding hydrogens is 340 g/mol. The number of carbonyl (C=O) groups excluding carboxylic acids is 1. The van der Waals surface area contributed by atoms with Crippen LogP contribution < -0.4 is 15.4 Å². The van der Waals surface area contributed by atoms with Crippen molar-refractivity contribution in [2.24, 2.45) is 0 Å². The van der Waals surface area contributed by atoms with Crippen molar-refractivity contribution in [3.63, 3.8) is 0 Å². The lowest BCUT2D eigenvalue weighted by Crippen LogP contribution is -2.24. The Morgan fingerprint density at radius 3 is 2.56 bits per heavy atom. The highest BCUT2D eigenvalue weighted by atomic mass is 16.5. The van der Waals surface area contributed by atoms with Crippen LogP contribution in [0.5, 0.6) is 5.75 Å². The second kappa shape index (κ2) is 8.31. The number of hydrogen-bond donors (Lipinski definition) is 2. The molecule has 1 aromatic heterocycles. The van der Waals surface area contributed by atoms with Gasteiger partial charge < -0.3 is 15.4 Å². The highest BCUT2D eigenvalue weighted by Gasteiger charge is 2.10. The number of hydrogen-bond acceptors (Lipinski definition) is 5. The molecule has 0 atom stereocenters. The molecular formula is C21H22N4O2. The topological polar surface area (TPSA) is 76.1 Å². The van der Waals surface area contributed by atoms with Crippen LogP contribution in [-0.4, -0.2) is 23.2 Å². The Hall–Kier alpha value is -3.41. The first-order chi connectivity index (χ1) is 13.1. The molecule has 0 spiro atoms. The van der Waals surface area contributed by atoms with E-state index in [4.69, 9.17) is 4.74 Å². The van der Waals surface area contributed by atoms with Gasteiger partial charge in [-0.1, -0.05) is 30.3 Å². The summed E-state index contributed by atoms with van der Waals surface area (Å²) in [4.78, 5) is 12.3. The predicted molar refractivity (Wildman–Crippen MR) is 105 cm³/mol. The molecule has 27 heavy (non-hydrogen) atoms. The third-order valence-corrected chi connectivity index (χ3v) is 4.40. The van der Waals surface area contributed by atoms with E-state index in [-0.39, 0.29) is 11.6 Å². The molecule has 1 amide bonds. The maximum Gasteiger partial charge on any atom is 0.272 e. The van der Waals surface area contributed by atoms with Crippen molar-refractivity contribution >= 4 is 17.4 Å². The molecule has 2 aromatic carbocycles. The van der Waals surface area contributed by atoms with E-state index >= 15 is 0 Å². The lowest BCUT2D eigenvalue weighted by Gasteiger charge is -2.11. The SMILES string of the molecule is COc1ccccc1CNC(=O)c1ccc(Nc2cccc(C)c2C)nn1. The van der Waals surface area contributed by atoms with Gasteiger partial charge in [-0.25, -0.2) is 0 Å². The Morgan fingerprint density at radius 2 is 1.81 bits per heavy atom. The number of amides is 1. The molecule has 0 radical (unpaired) electrons. The standard InChI is InChI=1S/C21H22N4O2/c1-14-7-6-9-17(15(14)2)23-20-12-11-18(24-25-20)21(26)22-13-16-8-4-5-10-19(16)27-3/h4-12H,13H2,1-3H3,(H,22,26)(H,23,25). The number of carbonyl (C=O) groups is 1. The quantitative estimate of drug-likeness (QED) is 0.698. The summed E-state index contributed by atoms with van der Waals surface area (Å²) >= 11 is 0. The Balaban J connectivity index is 1.64. The van der Waals surface area contributed by atoms with Gasteiger partial charge in [0.05, 0.1) is 7.11 Å². The molecule has 6 heteroatoms. The van der Waals surface area contributed by atoms with Gasteiger partial charge in [0, 0.05) is 17.8 Å². The summed E-state index contributed by atoms with van der Waals surface area (Å²) in [6, 6.07) is 17.0. The van der Waals surface area contributed by atoms with Gasteiger partial charge in [-0.05, 0) is 49.2 Å². The number of nitrogens with zero attached hydrogens (tertiary/aromatic N) is 2. The normalized spacial score (nSPS) is 10.3. The summed E-state index contributed by atoms with van der Waals surface area (Å²) in [5, 5.41) is 14.2. The van der Waals surface area contributed by atoms with Crippen LogP contribution in [0.4, 0.5) is 11.5 Å². The summed E-state index contributed by atoms with van der Waals surface area (Å²) in [6.07, 6.45) is 0. The summed E-state index contributed by atoms with van der Waals surface area (Å²) in [5.74, 6) is 1.04. The van der Waals surface area contributed by atoms with Crippen LogP contribution in [0.25, 0.3) is 0 Å². The second-order valence-electron chi connectivity index (χ2n) is 6.17. The smallest absolute Gasteiger partial charge is 0.272 e. The van der Waals surface area contributed by atoms with Crippen LogP contribution in [0.2, 0.25) is 0 Å². The molecule has 0 fully saturated rings. The molecule has 138 valence electrons. The van der Waals surface area contributed by atoms with Crippen molar-refractivity contribution in [2.45, 2.75) is 20.4 Å². The third-order valence-electron chi connectivity index (χ3n) is 4.40. The molecule has 0 saturated heterocycles. The van der Waals surface area contributed by atoms with Gasteiger partial charge in [-0.3, -0.25) is 4.79 Å². The first-order valence-corrected chi connectivity index (χ1v) is 8.65. The van der Waals surface area contributed by atoms with Gasteiger partial charge in [-0.2, -0.15) is 0 Å². The summed E-state index contributed by atoms with van der Waals surface area (Å²) < 4.78 is 5.29. The Labute approximate surface area is 158 Å². The maximum atomic E-state index is 12.3. The lowest BCUT2D eigenvalue weighted by atomic mass is 10.1. The number of para-hydroxylation sites is 1. The molecule has 0 saturated carbocycles. The van der Waals surface area contributed by atoms with Crippen LogP contribution in [-0.2, 0) is 6.54 Å². The van der Waals surface area contributed by atoms with Gasteiger partial charge >= 0.3 is 0 Å². The summed E-state index contributed by atoms with van der Waals surface area (Å²) in [5.41, 5.74) is 4.47. The van der Waals surface area contributed by atoms with Crippen molar-refractivity contribution in [2.75, 3.05) is 12.4 Å². The van der Waals surface area contributed by atoms with E-state index in [1.54, 1.807) is 19.2 Å². The predicted octanol–water partition coefficient (Wildman–Crippen LogP) is 3.78. The largest absolute Gasteiger partial charge is 0.496 e. The van der Waals surface area contributed by atoms with E-state index in [1.807, 2.05) is 43.3 Å². The summed E-state index contributed by atoms with van der Waals surface area (Å²) in [7, 11) is 1.60. The fourth-order valence-corrected chi connectivity index (χ4v) is 2.66. The lowest BCUT2D eigenvalue weighted by molar-refractivity contribution is 0.0944. The van der Waals surface area contributed by atoms with E-state index in [9.17, 15) is 4.79 Å². The average Bonchev–Trinajstić information content (AvgIpc) is 2.70. The molecule has 0 aliphatic heterocycles. The Bertz CT molecular complexity index is 939. The first kappa shape index (κ1) is 18.4. The van der Waals surface area contributed by atoms with Gasteiger partial charge in [0.25, 0.3) is 5.91 Å². The third kappa shape index (κ3) is 4.41. The van der Waals surface area contributed by atoms with E-state index < -0.39 is 0 Å². The van der Waals surface area contributed by atoms with Gasteiger partial charge in [0.1, 0.15) is 5.75 Å².